The number of amides is 2. The summed E-state index contributed by atoms with van der Waals surface area (Å²) in [5.41, 5.74) is 3.28. The molecule has 9 heteroatoms. The molecule has 2 N–H and O–H groups in total. The summed E-state index contributed by atoms with van der Waals surface area (Å²) in [6, 6.07) is 12.5. The molecule has 3 rings (SSSR count). The van der Waals surface area contributed by atoms with Crippen molar-refractivity contribution in [1.82, 2.24) is 20.1 Å². The summed E-state index contributed by atoms with van der Waals surface area (Å²) >= 11 is 7.53. The molecule has 2 amide bonds. The van der Waals surface area contributed by atoms with Crippen molar-refractivity contribution in [3.63, 3.8) is 0 Å². The normalized spacial score (nSPS) is 11.8. The van der Waals surface area contributed by atoms with Gasteiger partial charge < -0.3 is 15.2 Å². The molecule has 2 aromatic carbocycles. The first-order chi connectivity index (χ1) is 17.2. The Hall–Kier alpha value is -3.10. The van der Waals surface area contributed by atoms with Gasteiger partial charge in [-0.25, -0.2) is 0 Å². The van der Waals surface area contributed by atoms with Crippen LogP contribution < -0.4 is 10.6 Å². The van der Waals surface area contributed by atoms with Crippen molar-refractivity contribution < 1.29 is 9.59 Å². The van der Waals surface area contributed by atoms with E-state index in [1.165, 1.54) is 11.8 Å². The Morgan fingerprint density at radius 2 is 1.92 bits per heavy atom. The van der Waals surface area contributed by atoms with Gasteiger partial charge in [0.05, 0.1) is 22.4 Å². The highest BCUT2D eigenvalue weighted by Gasteiger charge is 2.25. The molecule has 0 saturated carbocycles. The van der Waals surface area contributed by atoms with Gasteiger partial charge in [0.1, 0.15) is 0 Å². The van der Waals surface area contributed by atoms with Crippen molar-refractivity contribution in [1.29, 1.82) is 0 Å². The van der Waals surface area contributed by atoms with Gasteiger partial charge in [-0.05, 0) is 55.5 Å². The molecule has 0 bridgehead atoms. The Labute approximate surface area is 221 Å². The van der Waals surface area contributed by atoms with Crippen LogP contribution in [0.25, 0.3) is 0 Å². The molecule has 1 atom stereocenters. The molecule has 190 valence electrons. The van der Waals surface area contributed by atoms with Crippen molar-refractivity contribution in [3.05, 3.63) is 82.7 Å². The number of halogens is 1. The van der Waals surface area contributed by atoms with E-state index in [0.29, 0.717) is 34.5 Å². The lowest BCUT2D eigenvalue weighted by Gasteiger charge is -2.21. The third kappa shape index (κ3) is 7.21. The first-order valence-corrected chi connectivity index (χ1v) is 13.1. The second-order valence-electron chi connectivity index (χ2n) is 9.03. The number of carbonyl (C=O) groups excluding carboxylic acids is 2. The number of aromatic nitrogens is 3. The number of carbonyl (C=O) groups is 2. The molecule has 0 saturated heterocycles. The zero-order valence-corrected chi connectivity index (χ0v) is 22.6. The largest absolute Gasteiger partial charge is 0.342 e. The Morgan fingerprint density at radius 1 is 1.17 bits per heavy atom. The molecule has 0 aliphatic rings. The molecule has 7 nitrogen and oxygen atoms in total. The number of thioether (sulfide) groups is 1. The molecule has 36 heavy (non-hydrogen) atoms. The number of nitrogens with zero attached hydrogens (tertiary/aromatic N) is 3. The number of hydrogen-bond donors (Lipinski definition) is 2. The average molecular weight is 526 g/mol. The van der Waals surface area contributed by atoms with Crippen LogP contribution in [-0.2, 0) is 11.3 Å². The van der Waals surface area contributed by atoms with Crippen LogP contribution in [0.15, 0.2) is 60.3 Å². The summed E-state index contributed by atoms with van der Waals surface area (Å²) < 4.78 is 1.89. The highest BCUT2D eigenvalue weighted by Crippen LogP contribution is 2.26. The first-order valence-electron chi connectivity index (χ1n) is 11.8. The third-order valence-electron chi connectivity index (χ3n) is 5.50. The fraction of sp³-hybridized carbons (Fsp3) is 0.333. The predicted molar refractivity (Wildman–Crippen MR) is 147 cm³/mol. The summed E-state index contributed by atoms with van der Waals surface area (Å²) in [5.74, 6) is 0.663. The first kappa shape index (κ1) is 27.5. The second kappa shape index (κ2) is 12.7. The molecule has 0 fully saturated rings. The van der Waals surface area contributed by atoms with E-state index >= 15 is 0 Å². The lowest BCUT2D eigenvalue weighted by Crippen LogP contribution is -2.32. The number of rotatable bonds is 11. The van der Waals surface area contributed by atoms with Gasteiger partial charge in [-0.1, -0.05) is 67.6 Å². The minimum absolute atomic E-state index is 0.130. The summed E-state index contributed by atoms with van der Waals surface area (Å²) in [6.45, 7) is 12.4. The Kier molecular flexibility index (Phi) is 9.73. The maximum absolute atomic E-state index is 13.0. The molecule has 0 aliphatic carbocycles. The zero-order valence-electron chi connectivity index (χ0n) is 21.0. The number of nitrogens with one attached hydrogen (secondary N) is 2. The molecule has 0 spiro atoms. The van der Waals surface area contributed by atoms with Crippen LogP contribution in [0, 0.1) is 19.8 Å². The van der Waals surface area contributed by atoms with E-state index < -0.39 is 0 Å². The quantitative estimate of drug-likeness (QED) is 0.237. The van der Waals surface area contributed by atoms with E-state index in [4.69, 9.17) is 11.6 Å². The summed E-state index contributed by atoms with van der Waals surface area (Å²) in [6.07, 6.45) is 2.40. The minimum Gasteiger partial charge on any atom is -0.342 e. The zero-order chi connectivity index (χ0) is 26.2. The fourth-order valence-electron chi connectivity index (χ4n) is 3.73. The SMILES string of the molecule is C=CCn1c(SCC(=O)Nc2cc(C)ccc2C)nnc1[C@H](CC(C)C)NC(=O)c1ccccc1Cl. The monoisotopic (exact) mass is 525 g/mol. The minimum atomic E-state index is -0.389. The molecule has 0 aliphatic heterocycles. The van der Waals surface area contributed by atoms with E-state index in [9.17, 15) is 9.59 Å². The van der Waals surface area contributed by atoms with Crippen molar-refractivity contribution in [2.75, 3.05) is 11.1 Å². The van der Waals surface area contributed by atoms with Crippen LogP contribution in [-0.4, -0.2) is 32.3 Å². The lowest BCUT2D eigenvalue weighted by molar-refractivity contribution is -0.113. The Balaban J connectivity index is 1.79. The molecular formula is C27H32ClN5O2S. The van der Waals surface area contributed by atoms with Gasteiger partial charge in [-0.15, -0.1) is 16.8 Å². The van der Waals surface area contributed by atoms with Crippen LogP contribution >= 0.6 is 23.4 Å². The number of aryl methyl sites for hydroxylation is 2. The van der Waals surface area contributed by atoms with E-state index in [0.717, 1.165) is 16.8 Å². The topological polar surface area (TPSA) is 88.9 Å². The number of allylic oxidation sites excluding steroid dienone is 1. The summed E-state index contributed by atoms with van der Waals surface area (Å²) in [7, 11) is 0. The van der Waals surface area contributed by atoms with Crippen molar-refractivity contribution >= 4 is 40.9 Å². The van der Waals surface area contributed by atoms with E-state index in [1.807, 2.05) is 36.6 Å². The molecule has 1 aromatic heterocycles. The maximum atomic E-state index is 13.0. The molecule has 0 radical (unpaired) electrons. The van der Waals surface area contributed by atoms with Crippen LogP contribution in [0.2, 0.25) is 5.02 Å². The van der Waals surface area contributed by atoms with Crippen molar-refractivity contribution in [2.24, 2.45) is 5.92 Å². The molecule has 1 heterocycles. The maximum Gasteiger partial charge on any atom is 0.253 e. The van der Waals surface area contributed by atoms with Gasteiger partial charge >= 0.3 is 0 Å². The smallest absolute Gasteiger partial charge is 0.253 e. The summed E-state index contributed by atoms with van der Waals surface area (Å²) in [4.78, 5) is 25.7. The van der Waals surface area contributed by atoms with Crippen LogP contribution in [0.4, 0.5) is 5.69 Å². The van der Waals surface area contributed by atoms with E-state index in [1.54, 1.807) is 30.3 Å². The van der Waals surface area contributed by atoms with Crippen molar-refractivity contribution in [2.45, 2.75) is 51.9 Å². The molecule has 0 unspecified atom stereocenters. The number of hydrogen-bond acceptors (Lipinski definition) is 5. The predicted octanol–water partition coefficient (Wildman–Crippen LogP) is 5.98. The summed E-state index contributed by atoms with van der Waals surface area (Å²) in [5, 5.41) is 15.8. The van der Waals surface area contributed by atoms with Gasteiger partial charge in [-0.2, -0.15) is 0 Å². The molecular weight excluding hydrogens is 494 g/mol. The third-order valence-corrected chi connectivity index (χ3v) is 6.80. The van der Waals surface area contributed by atoms with Gasteiger partial charge in [-0.3, -0.25) is 9.59 Å². The number of anilines is 1. The van der Waals surface area contributed by atoms with Gasteiger partial charge in [0.25, 0.3) is 5.91 Å². The second-order valence-corrected chi connectivity index (χ2v) is 10.4. The average Bonchev–Trinajstić information content (AvgIpc) is 3.22. The number of benzene rings is 2. The fourth-order valence-corrected chi connectivity index (χ4v) is 4.71. The van der Waals surface area contributed by atoms with Crippen LogP contribution in [0.1, 0.15) is 53.6 Å². The van der Waals surface area contributed by atoms with E-state index in [2.05, 4.69) is 41.3 Å². The van der Waals surface area contributed by atoms with Crippen LogP contribution in [0.3, 0.4) is 0 Å². The standard InChI is InChI=1S/C27H32ClN5O2S/c1-6-13-33-25(23(14-17(2)3)30-26(35)20-9-7-8-10-21(20)28)31-32-27(33)36-16-24(34)29-22-15-18(4)11-12-19(22)5/h6-12,15,17,23H,1,13-14,16H2,2-5H3,(H,29,34)(H,30,35)/t23-/m0/s1. The van der Waals surface area contributed by atoms with Gasteiger partial charge in [0, 0.05) is 12.2 Å². The Morgan fingerprint density at radius 3 is 2.61 bits per heavy atom. The highest BCUT2D eigenvalue weighted by molar-refractivity contribution is 7.99. The van der Waals surface area contributed by atoms with E-state index in [-0.39, 0.29) is 29.5 Å². The molecule has 3 aromatic rings. The van der Waals surface area contributed by atoms with Gasteiger partial charge in [0.15, 0.2) is 11.0 Å². The van der Waals surface area contributed by atoms with Gasteiger partial charge in [0.2, 0.25) is 5.91 Å². The van der Waals surface area contributed by atoms with Crippen molar-refractivity contribution in [3.8, 4) is 0 Å². The lowest BCUT2D eigenvalue weighted by atomic mass is 10.0. The Bertz CT molecular complexity index is 1240. The highest BCUT2D eigenvalue weighted by atomic mass is 35.5. The van der Waals surface area contributed by atoms with Crippen LogP contribution in [0.5, 0.6) is 0 Å².